The summed E-state index contributed by atoms with van der Waals surface area (Å²) in [5.41, 5.74) is -1.10. The maximum absolute atomic E-state index is 13.6. The first-order valence-corrected chi connectivity index (χ1v) is 5.27. The quantitative estimate of drug-likeness (QED) is 0.841. The van der Waals surface area contributed by atoms with Gasteiger partial charge in [-0.25, -0.2) is 4.39 Å². The van der Waals surface area contributed by atoms with Gasteiger partial charge in [-0.1, -0.05) is 18.0 Å². The van der Waals surface area contributed by atoms with E-state index in [4.69, 9.17) is 16.7 Å². The molecule has 2 N–H and O–H groups in total. The van der Waals surface area contributed by atoms with E-state index in [1.165, 1.54) is 6.07 Å². The van der Waals surface area contributed by atoms with Crippen molar-refractivity contribution in [3.05, 3.63) is 28.5 Å². The number of aliphatic carboxylic acids is 1. The molecule has 0 bridgehead atoms. The van der Waals surface area contributed by atoms with Crippen LogP contribution in [0.2, 0.25) is 5.02 Å². The van der Waals surface area contributed by atoms with E-state index in [1.807, 2.05) is 0 Å². The number of benzene rings is 1. The van der Waals surface area contributed by atoms with Crippen LogP contribution in [-0.2, 0) is 10.2 Å². The predicted molar refractivity (Wildman–Crippen MR) is 56.2 cm³/mol. The van der Waals surface area contributed by atoms with Crippen LogP contribution in [0.25, 0.3) is 0 Å². The fraction of sp³-hybridized carbons (Fsp3) is 0.364. The molecule has 0 heterocycles. The molecule has 3 nitrogen and oxygen atoms in total. The third kappa shape index (κ3) is 1.45. The van der Waals surface area contributed by atoms with Crippen LogP contribution in [-0.4, -0.2) is 16.2 Å². The lowest BCUT2D eigenvalue weighted by molar-refractivity contribution is -0.147. The van der Waals surface area contributed by atoms with Gasteiger partial charge in [0.2, 0.25) is 0 Å². The number of carboxylic acid groups (broad SMARTS) is 1. The molecule has 1 fully saturated rings. The van der Waals surface area contributed by atoms with Crippen LogP contribution in [0.1, 0.15) is 24.8 Å². The molecule has 0 radical (unpaired) electrons. The third-order valence-corrected chi connectivity index (χ3v) is 3.47. The number of hydrogen-bond acceptors (Lipinski definition) is 2. The standard InChI is InChI=1S/C11H10ClFO3/c12-7-4-6(8(13)5-9(7)14)11(10(15)16)2-1-3-11/h4-5,14H,1-3H2,(H,15,16). The molecule has 1 aromatic carbocycles. The minimum atomic E-state index is -1.17. The van der Waals surface area contributed by atoms with Crippen molar-refractivity contribution in [2.75, 3.05) is 0 Å². The highest BCUT2D eigenvalue weighted by Crippen LogP contribution is 2.46. The summed E-state index contributed by atoms with van der Waals surface area (Å²) in [5, 5.41) is 18.3. The first-order valence-electron chi connectivity index (χ1n) is 4.89. The van der Waals surface area contributed by atoms with Gasteiger partial charge in [0.15, 0.2) is 0 Å². The van der Waals surface area contributed by atoms with Crippen molar-refractivity contribution >= 4 is 17.6 Å². The molecule has 1 aromatic rings. The number of carboxylic acids is 1. The topological polar surface area (TPSA) is 57.5 Å². The van der Waals surface area contributed by atoms with Gasteiger partial charge < -0.3 is 10.2 Å². The summed E-state index contributed by atoms with van der Waals surface area (Å²) < 4.78 is 13.6. The lowest BCUT2D eigenvalue weighted by Gasteiger charge is -2.38. The normalized spacial score (nSPS) is 17.9. The third-order valence-electron chi connectivity index (χ3n) is 3.17. The number of hydrogen-bond donors (Lipinski definition) is 2. The second-order valence-corrected chi connectivity index (χ2v) is 4.43. The summed E-state index contributed by atoms with van der Waals surface area (Å²) in [6, 6.07) is 2.07. The number of carbonyl (C=O) groups is 1. The number of halogens is 2. The second-order valence-electron chi connectivity index (χ2n) is 4.02. The van der Waals surface area contributed by atoms with Crippen molar-refractivity contribution in [2.24, 2.45) is 0 Å². The van der Waals surface area contributed by atoms with Crippen LogP contribution in [0, 0.1) is 5.82 Å². The Balaban J connectivity index is 2.55. The van der Waals surface area contributed by atoms with Gasteiger partial charge in [-0.05, 0) is 18.9 Å². The Kier molecular flexibility index (Phi) is 2.54. The van der Waals surface area contributed by atoms with Crippen molar-refractivity contribution in [1.82, 2.24) is 0 Å². The molecule has 0 atom stereocenters. The molecule has 1 aliphatic rings. The smallest absolute Gasteiger partial charge is 0.314 e. The fourth-order valence-electron chi connectivity index (χ4n) is 2.03. The van der Waals surface area contributed by atoms with E-state index in [1.54, 1.807) is 0 Å². The highest BCUT2D eigenvalue weighted by molar-refractivity contribution is 6.32. The van der Waals surface area contributed by atoms with Gasteiger partial charge in [0.1, 0.15) is 11.6 Å². The number of phenols is 1. The second kappa shape index (κ2) is 3.63. The summed E-state index contributed by atoms with van der Waals surface area (Å²) in [4.78, 5) is 11.2. The summed E-state index contributed by atoms with van der Waals surface area (Å²) in [6.07, 6.45) is 1.56. The Bertz CT molecular complexity index is 455. The average Bonchev–Trinajstić information content (AvgIpc) is 2.11. The van der Waals surface area contributed by atoms with Crippen LogP contribution in [0.15, 0.2) is 12.1 Å². The zero-order chi connectivity index (χ0) is 11.9. The minimum Gasteiger partial charge on any atom is -0.506 e. The lowest BCUT2D eigenvalue weighted by Crippen LogP contribution is -2.43. The van der Waals surface area contributed by atoms with Gasteiger partial charge >= 0.3 is 5.97 Å². The Morgan fingerprint density at radius 3 is 2.50 bits per heavy atom. The van der Waals surface area contributed by atoms with Gasteiger partial charge in [0, 0.05) is 11.6 Å². The highest BCUT2D eigenvalue weighted by atomic mass is 35.5. The molecule has 0 spiro atoms. The molecule has 86 valence electrons. The van der Waals surface area contributed by atoms with E-state index in [-0.39, 0.29) is 16.3 Å². The molecule has 1 saturated carbocycles. The Hall–Kier alpha value is -1.29. The Labute approximate surface area is 96.5 Å². The molecule has 16 heavy (non-hydrogen) atoms. The van der Waals surface area contributed by atoms with Gasteiger partial charge in [0.05, 0.1) is 10.4 Å². The van der Waals surface area contributed by atoms with Crippen molar-refractivity contribution in [1.29, 1.82) is 0 Å². The number of phenolic OH excluding ortho intramolecular Hbond substituents is 1. The van der Waals surface area contributed by atoms with Crippen molar-refractivity contribution < 1.29 is 19.4 Å². The van der Waals surface area contributed by atoms with Crippen molar-refractivity contribution in [3.63, 3.8) is 0 Å². The first kappa shape index (κ1) is 11.2. The summed E-state index contributed by atoms with van der Waals surface area (Å²) >= 11 is 5.67. The van der Waals surface area contributed by atoms with Crippen LogP contribution >= 0.6 is 11.6 Å². The molecule has 1 aliphatic carbocycles. The monoisotopic (exact) mass is 244 g/mol. The van der Waals surface area contributed by atoms with E-state index in [0.29, 0.717) is 12.8 Å². The molecule has 2 rings (SSSR count). The minimum absolute atomic E-state index is 0.0241. The van der Waals surface area contributed by atoms with Crippen LogP contribution in [0.3, 0.4) is 0 Å². The highest BCUT2D eigenvalue weighted by Gasteiger charge is 2.47. The SMILES string of the molecule is O=C(O)C1(c2cc(Cl)c(O)cc2F)CCC1. The van der Waals surface area contributed by atoms with Crippen LogP contribution < -0.4 is 0 Å². The van der Waals surface area contributed by atoms with Crippen molar-refractivity contribution in [3.8, 4) is 5.75 Å². The Morgan fingerprint density at radius 2 is 2.06 bits per heavy atom. The zero-order valence-electron chi connectivity index (χ0n) is 8.33. The summed E-state index contributed by atoms with van der Waals surface area (Å²) in [5.74, 6) is -2.13. The zero-order valence-corrected chi connectivity index (χ0v) is 9.09. The number of aromatic hydroxyl groups is 1. The maximum Gasteiger partial charge on any atom is 0.314 e. The number of rotatable bonds is 2. The summed E-state index contributed by atoms with van der Waals surface area (Å²) in [7, 11) is 0. The van der Waals surface area contributed by atoms with Gasteiger partial charge in [-0.2, -0.15) is 0 Å². The van der Waals surface area contributed by atoms with E-state index in [9.17, 15) is 14.3 Å². The molecule has 5 heteroatoms. The van der Waals surface area contributed by atoms with E-state index in [2.05, 4.69) is 0 Å². The largest absolute Gasteiger partial charge is 0.506 e. The maximum atomic E-state index is 13.6. The van der Waals surface area contributed by atoms with Gasteiger partial charge in [-0.3, -0.25) is 4.79 Å². The molecule has 0 unspecified atom stereocenters. The van der Waals surface area contributed by atoms with E-state index < -0.39 is 17.2 Å². The van der Waals surface area contributed by atoms with Crippen molar-refractivity contribution in [2.45, 2.75) is 24.7 Å². The molecule has 0 amide bonds. The summed E-state index contributed by atoms with van der Waals surface area (Å²) in [6.45, 7) is 0. The fourth-order valence-corrected chi connectivity index (χ4v) is 2.20. The van der Waals surface area contributed by atoms with Crippen LogP contribution in [0.5, 0.6) is 5.75 Å². The lowest BCUT2D eigenvalue weighted by atomic mass is 9.64. The average molecular weight is 245 g/mol. The van der Waals surface area contributed by atoms with Crippen LogP contribution in [0.4, 0.5) is 4.39 Å². The predicted octanol–water partition coefficient (Wildman–Crippen LogP) is 2.69. The van der Waals surface area contributed by atoms with E-state index >= 15 is 0 Å². The van der Waals surface area contributed by atoms with Gasteiger partial charge in [-0.15, -0.1) is 0 Å². The molecule has 0 aliphatic heterocycles. The van der Waals surface area contributed by atoms with Gasteiger partial charge in [0.25, 0.3) is 0 Å². The first-order chi connectivity index (χ1) is 7.47. The van der Waals surface area contributed by atoms with E-state index in [0.717, 1.165) is 12.5 Å². The molecule has 0 aromatic heterocycles. The Morgan fingerprint density at radius 1 is 1.44 bits per heavy atom. The molecule has 0 saturated heterocycles. The molecular weight excluding hydrogens is 235 g/mol. The molecular formula is C11H10ClFO3.